The number of hydrogen-bond donors (Lipinski definition) is 3. The predicted octanol–water partition coefficient (Wildman–Crippen LogP) is 2.58. The van der Waals surface area contributed by atoms with Gasteiger partial charge in [0.2, 0.25) is 0 Å². The number of carboxylic acid groups (broad SMARTS) is 1. The van der Waals surface area contributed by atoms with Gasteiger partial charge in [-0.3, -0.25) is 4.79 Å². The molecule has 0 aliphatic rings. The third-order valence-electron chi connectivity index (χ3n) is 2.68. The van der Waals surface area contributed by atoms with Gasteiger partial charge in [0.1, 0.15) is 5.75 Å². The molecule has 0 aliphatic heterocycles. The molecule has 2 amide bonds. The number of carbonyl (C=O) groups excluding carboxylic acids is 1. The lowest BCUT2D eigenvalue weighted by atomic mass is 9.94. The Hall–Kier alpha value is -1.95. The lowest BCUT2D eigenvalue weighted by Gasteiger charge is -2.19. The molecule has 3 N–H and O–H groups in total. The van der Waals surface area contributed by atoms with Crippen molar-refractivity contribution >= 4 is 29.3 Å². The lowest BCUT2D eigenvalue weighted by molar-refractivity contribution is -0.146. The average Bonchev–Trinajstić information content (AvgIpc) is 2.36. The van der Waals surface area contributed by atoms with E-state index in [1.165, 1.54) is 21.0 Å². The van der Waals surface area contributed by atoms with Crippen LogP contribution in [-0.4, -0.2) is 30.8 Å². The van der Waals surface area contributed by atoms with Gasteiger partial charge in [0.15, 0.2) is 0 Å². The fraction of sp³-hybridized carbons (Fsp3) is 0.385. The summed E-state index contributed by atoms with van der Waals surface area (Å²) in [6.45, 7) is 3.07. The van der Waals surface area contributed by atoms with Gasteiger partial charge in [0, 0.05) is 12.2 Å². The zero-order valence-electron chi connectivity index (χ0n) is 11.5. The van der Waals surface area contributed by atoms with E-state index in [2.05, 4.69) is 10.6 Å². The lowest BCUT2D eigenvalue weighted by Crippen LogP contribution is -2.40. The van der Waals surface area contributed by atoms with Gasteiger partial charge in [0.05, 0.1) is 17.5 Å². The molecule has 7 heteroatoms. The van der Waals surface area contributed by atoms with Crippen LogP contribution in [0.4, 0.5) is 10.5 Å². The van der Waals surface area contributed by atoms with E-state index in [0.29, 0.717) is 16.5 Å². The van der Waals surface area contributed by atoms with Gasteiger partial charge >= 0.3 is 12.0 Å². The number of halogens is 1. The average molecular weight is 301 g/mol. The second-order valence-corrected chi connectivity index (χ2v) is 5.25. The zero-order valence-corrected chi connectivity index (χ0v) is 12.2. The highest BCUT2D eigenvalue weighted by molar-refractivity contribution is 6.32. The molecule has 110 valence electrons. The summed E-state index contributed by atoms with van der Waals surface area (Å²) in [5, 5.41) is 14.4. The molecule has 0 heterocycles. The molecule has 20 heavy (non-hydrogen) atoms. The number of benzene rings is 1. The van der Waals surface area contributed by atoms with Crippen LogP contribution in [0.5, 0.6) is 5.75 Å². The van der Waals surface area contributed by atoms with Crippen molar-refractivity contribution in [1.29, 1.82) is 0 Å². The highest BCUT2D eigenvalue weighted by Gasteiger charge is 2.27. The number of amides is 2. The van der Waals surface area contributed by atoms with E-state index in [1.807, 2.05) is 0 Å². The van der Waals surface area contributed by atoms with E-state index < -0.39 is 17.4 Å². The van der Waals surface area contributed by atoms with Crippen molar-refractivity contribution < 1.29 is 19.4 Å². The molecule has 0 unspecified atom stereocenters. The quantitative estimate of drug-likeness (QED) is 0.780. The molecule has 0 saturated heterocycles. The van der Waals surface area contributed by atoms with Crippen LogP contribution in [0.1, 0.15) is 13.8 Å². The number of rotatable bonds is 5. The first kappa shape index (κ1) is 16.1. The highest BCUT2D eigenvalue weighted by Crippen LogP contribution is 2.27. The van der Waals surface area contributed by atoms with E-state index in [1.54, 1.807) is 18.2 Å². The van der Waals surface area contributed by atoms with Crippen LogP contribution in [0.25, 0.3) is 0 Å². The summed E-state index contributed by atoms with van der Waals surface area (Å²) in [6.07, 6.45) is 0. The summed E-state index contributed by atoms with van der Waals surface area (Å²) in [6, 6.07) is 4.30. The second-order valence-electron chi connectivity index (χ2n) is 4.85. The second kappa shape index (κ2) is 6.47. The van der Waals surface area contributed by atoms with Crippen molar-refractivity contribution in [3.8, 4) is 5.75 Å². The standard InChI is InChI=1S/C13H17ClN2O4/c1-13(2,11(17)18)7-15-12(19)16-8-4-5-10(20-3)9(14)6-8/h4-6H,7H2,1-3H3,(H,17,18)(H2,15,16,19). The summed E-state index contributed by atoms with van der Waals surface area (Å²) in [7, 11) is 1.50. The molecule has 0 bridgehead atoms. The first-order chi connectivity index (χ1) is 9.26. The predicted molar refractivity (Wildman–Crippen MR) is 76.4 cm³/mol. The van der Waals surface area contributed by atoms with Crippen molar-refractivity contribution in [3.05, 3.63) is 23.2 Å². The molecule has 1 aromatic carbocycles. The fourth-order valence-corrected chi connectivity index (χ4v) is 1.55. The number of aliphatic carboxylic acids is 1. The van der Waals surface area contributed by atoms with Crippen molar-refractivity contribution in [3.63, 3.8) is 0 Å². The first-order valence-corrected chi connectivity index (χ1v) is 6.26. The normalized spacial score (nSPS) is 10.8. The van der Waals surface area contributed by atoms with Crippen LogP contribution >= 0.6 is 11.6 Å². The first-order valence-electron chi connectivity index (χ1n) is 5.88. The van der Waals surface area contributed by atoms with Gasteiger partial charge in [-0.2, -0.15) is 0 Å². The van der Waals surface area contributed by atoms with E-state index >= 15 is 0 Å². The summed E-state index contributed by atoms with van der Waals surface area (Å²) >= 11 is 5.93. The van der Waals surface area contributed by atoms with Gasteiger partial charge < -0.3 is 20.5 Å². The van der Waals surface area contributed by atoms with Gasteiger partial charge in [-0.05, 0) is 32.0 Å². The molecule has 6 nitrogen and oxygen atoms in total. The maximum atomic E-state index is 11.7. The van der Waals surface area contributed by atoms with Crippen LogP contribution in [0.15, 0.2) is 18.2 Å². The van der Waals surface area contributed by atoms with Crippen molar-refractivity contribution in [2.75, 3.05) is 19.0 Å². The molecule has 1 rings (SSSR count). The number of hydrogen-bond acceptors (Lipinski definition) is 3. The van der Waals surface area contributed by atoms with E-state index in [4.69, 9.17) is 21.4 Å². The van der Waals surface area contributed by atoms with Gasteiger partial charge in [-0.15, -0.1) is 0 Å². The monoisotopic (exact) mass is 300 g/mol. The number of carbonyl (C=O) groups is 2. The van der Waals surface area contributed by atoms with Crippen LogP contribution in [0.2, 0.25) is 5.02 Å². The van der Waals surface area contributed by atoms with Crippen molar-refractivity contribution in [1.82, 2.24) is 5.32 Å². The van der Waals surface area contributed by atoms with Crippen LogP contribution in [0.3, 0.4) is 0 Å². The molecular weight excluding hydrogens is 284 g/mol. The van der Waals surface area contributed by atoms with Crippen LogP contribution in [0, 0.1) is 5.41 Å². The SMILES string of the molecule is COc1ccc(NC(=O)NCC(C)(C)C(=O)O)cc1Cl. The maximum Gasteiger partial charge on any atom is 0.319 e. The molecule has 0 aliphatic carbocycles. The molecule has 1 aromatic rings. The molecule has 0 atom stereocenters. The number of anilines is 1. The van der Waals surface area contributed by atoms with Gasteiger partial charge in [-0.1, -0.05) is 11.6 Å². The van der Waals surface area contributed by atoms with Crippen LogP contribution < -0.4 is 15.4 Å². The number of urea groups is 1. The summed E-state index contributed by atoms with van der Waals surface area (Å²) < 4.78 is 5.00. The van der Waals surface area contributed by atoms with Gasteiger partial charge in [0.25, 0.3) is 0 Å². The third-order valence-corrected chi connectivity index (χ3v) is 2.97. The Morgan fingerprint density at radius 1 is 1.40 bits per heavy atom. The Bertz CT molecular complexity index is 517. The largest absolute Gasteiger partial charge is 0.495 e. The molecule has 0 aromatic heterocycles. The Kier molecular flexibility index (Phi) is 5.21. The van der Waals surface area contributed by atoms with E-state index in [-0.39, 0.29) is 6.54 Å². The Morgan fingerprint density at radius 3 is 2.55 bits per heavy atom. The molecule has 0 radical (unpaired) electrons. The molecular formula is C13H17ClN2O4. The summed E-state index contributed by atoms with van der Waals surface area (Å²) in [5.41, 5.74) is -0.545. The smallest absolute Gasteiger partial charge is 0.319 e. The van der Waals surface area contributed by atoms with Crippen molar-refractivity contribution in [2.24, 2.45) is 5.41 Å². The zero-order chi connectivity index (χ0) is 15.3. The summed E-state index contributed by atoms with van der Waals surface area (Å²) in [4.78, 5) is 22.6. The molecule has 0 saturated carbocycles. The number of nitrogens with one attached hydrogen (secondary N) is 2. The number of methoxy groups -OCH3 is 1. The van der Waals surface area contributed by atoms with Crippen LogP contribution in [-0.2, 0) is 4.79 Å². The topological polar surface area (TPSA) is 87.7 Å². The number of ether oxygens (including phenoxy) is 1. The highest BCUT2D eigenvalue weighted by atomic mass is 35.5. The fourth-order valence-electron chi connectivity index (χ4n) is 1.30. The summed E-state index contributed by atoms with van der Waals surface area (Å²) in [5.74, 6) is -0.477. The third kappa shape index (κ3) is 4.31. The Morgan fingerprint density at radius 2 is 2.05 bits per heavy atom. The Balaban J connectivity index is 2.59. The molecule has 0 fully saturated rings. The van der Waals surface area contributed by atoms with E-state index in [9.17, 15) is 9.59 Å². The minimum absolute atomic E-state index is 0.0120. The van der Waals surface area contributed by atoms with E-state index in [0.717, 1.165) is 0 Å². The Labute approximate surface area is 122 Å². The van der Waals surface area contributed by atoms with Gasteiger partial charge in [-0.25, -0.2) is 4.79 Å². The minimum Gasteiger partial charge on any atom is -0.495 e. The van der Waals surface area contributed by atoms with Crippen molar-refractivity contribution in [2.45, 2.75) is 13.8 Å². The minimum atomic E-state index is -1.03. The number of carboxylic acids is 1. The maximum absolute atomic E-state index is 11.7. The molecule has 0 spiro atoms.